The predicted octanol–water partition coefficient (Wildman–Crippen LogP) is 1.68. The molecule has 3 rings (SSSR count). The van der Waals surface area contributed by atoms with Gasteiger partial charge in [0.1, 0.15) is 5.54 Å². The summed E-state index contributed by atoms with van der Waals surface area (Å²) >= 11 is 0. The van der Waals surface area contributed by atoms with E-state index >= 15 is 0 Å². The number of carbonyl (C=O) groups excluding carboxylic acids is 1. The molecule has 1 heterocycles. The van der Waals surface area contributed by atoms with Gasteiger partial charge < -0.3 is 16.0 Å². The summed E-state index contributed by atoms with van der Waals surface area (Å²) < 4.78 is 0. The van der Waals surface area contributed by atoms with Crippen LogP contribution < -0.4 is 16.0 Å². The number of anilines is 1. The molecule has 1 aromatic rings. The number of nitrogens with zero attached hydrogens (tertiary/aromatic N) is 1. The van der Waals surface area contributed by atoms with Gasteiger partial charge in [0.05, 0.1) is 0 Å². The number of likely N-dealkylation sites (N-methyl/N-ethyl adjacent to an activating group) is 1. The third-order valence-corrected chi connectivity index (χ3v) is 5.06. The summed E-state index contributed by atoms with van der Waals surface area (Å²) in [5.41, 5.74) is 7.85. The van der Waals surface area contributed by atoms with Crippen LogP contribution in [0.1, 0.15) is 31.2 Å². The molecule has 1 fully saturated rings. The van der Waals surface area contributed by atoms with Gasteiger partial charge in [-0.1, -0.05) is 18.2 Å². The average Bonchev–Trinajstić information content (AvgIpc) is 3.32. The van der Waals surface area contributed by atoms with Crippen LogP contribution in [0.4, 0.5) is 5.69 Å². The molecule has 0 saturated heterocycles. The molecule has 1 aliphatic carbocycles. The maximum absolute atomic E-state index is 12.1. The van der Waals surface area contributed by atoms with Crippen LogP contribution in [0.5, 0.6) is 0 Å². The Morgan fingerprint density at radius 1 is 1.38 bits per heavy atom. The van der Waals surface area contributed by atoms with Gasteiger partial charge in [-0.2, -0.15) is 0 Å². The number of amides is 1. The van der Waals surface area contributed by atoms with E-state index in [2.05, 4.69) is 34.5 Å². The van der Waals surface area contributed by atoms with Crippen molar-refractivity contribution in [1.82, 2.24) is 5.32 Å². The first-order chi connectivity index (χ1) is 10.2. The van der Waals surface area contributed by atoms with Gasteiger partial charge in [0.15, 0.2) is 0 Å². The highest BCUT2D eigenvalue weighted by Gasteiger charge is 2.50. The van der Waals surface area contributed by atoms with E-state index < -0.39 is 5.54 Å². The monoisotopic (exact) mass is 287 g/mol. The van der Waals surface area contributed by atoms with E-state index in [1.807, 2.05) is 7.05 Å². The van der Waals surface area contributed by atoms with Crippen LogP contribution >= 0.6 is 0 Å². The smallest absolute Gasteiger partial charge is 0.239 e. The molecule has 0 radical (unpaired) electrons. The lowest BCUT2D eigenvalue weighted by Crippen LogP contribution is -2.62. The van der Waals surface area contributed by atoms with Crippen LogP contribution in [0.25, 0.3) is 0 Å². The summed E-state index contributed by atoms with van der Waals surface area (Å²) in [6.45, 7) is 1.68. The molecule has 1 aliphatic heterocycles. The maximum Gasteiger partial charge on any atom is 0.239 e. The number of aryl methyl sites for hydroxylation is 1. The second-order valence-corrected chi connectivity index (χ2v) is 6.37. The lowest BCUT2D eigenvalue weighted by Gasteiger charge is -2.37. The number of primary amides is 1. The zero-order valence-electron chi connectivity index (χ0n) is 12.8. The molecule has 2 aliphatic rings. The summed E-state index contributed by atoms with van der Waals surface area (Å²) in [6.07, 6.45) is 5.69. The Kier molecular flexibility index (Phi) is 3.89. The SMILES string of the molecule is CNC(CN1CCCCc2ccccc21)(C(N)=O)C1CC1. The summed E-state index contributed by atoms with van der Waals surface area (Å²) in [5, 5.41) is 3.26. The van der Waals surface area contributed by atoms with Crippen molar-refractivity contribution >= 4 is 11.6 Å². The zero-order chi connectivity index (χ0) is 14.9. The Balaban J connectivity index is 1.90. The van der Waals surface area contributed by atoms with E-state index in [-0.39, 0.29) is 5.91 Å². The van der Waals surface area contributed by atoms with Crippen LogP contribution in [-0.2, 0) is 11.2 Å². The third kappa shape index (κ3) is 2.64. The average molecular weight is 287 g/mol. The highest BCUT2D eigenvalue weighted by Crippen LogP contribution is 2.41. The zero-order valence-corrected chi connectivity index (χ0v) is 12.8. The van der Waals surface area contributed by atoms with Gasteiger partial charge in [-0.25, -0.2) is 0 Å². The number of fused-ring (bicyclic) bond motifs is 1. The number of nitrogens with two attached hydrogens (primary N) is 1. The Morgan fingerprint density at radius 3 is 2.81 bits per heavy atom. The summed E-state index contributed by atoms with van der Waals surface area (Å²) in [6, 6.07) is 8.56. The minimum Gasteiger partial charge on any atom is -0.369 e. The molecule has 0 bridgehead atoms. The molecule has 3 N–H and O–H groups in total. The minimum atomic E-state index is -0.586. The lowest BCUT2D eigenvalue weighted by molar-refractivity contribution is -0.124. The Bertz CT molecular complexity index is 527. The van der Waals surface area contributed by atoms with Gasteiger partial charge >= 0.3 is 0 Å². The fourth-order valence-corrected chi connectivity index (χ4v) is 3.63. The number of carbonyl (C=O) groups is 1. The Hall–Kier alpha value is -1.55. The van der Waals surface area contributed by atoms with E-state index in [1.165, 1.54) is 17.7 Å². The first kappa shape index (κ1) is 14.4. The van der Waals surface area contributed by atoms with E-state index in [0.717, 1.165) is 32.2 Å². The van der Waals surface area contributed by atoms with Crippen molar-refractivity contribution in [3.63, 3.8) is 0 Å². The van der Waals surface area contributed by atoms with Gasteiger partial charge in [0.2, 0.25) is 5.91 Å². The number of para-hydroxylation sites is 1. The molecule has 1 atom stereocenters. The highest BCUT2D eigenvalue weighted by molar-refractivity contribution is 5.86. The fourth-order valence-electron chi connectivity index (χ4n) is 3.63. The number of nitrogens with one attached hydrogen (secondary N) is 1. The van der Waals surface area contributed by atoms with Crippen molar-refractivity contribution < 1.29 is 4.79 Å². The Morgan fingerprint density at radius 2 is 2.14 bits per heavy atom. The molecule has 21 heavy (non-hydrogen) atoms. The molecule has 0 spiro atoms. The molecular weight excluding hydrogens is 262 g/mol. The van der Waals surface area contributed by atoms with Gasteiger partial charge in [0.25, 0.3) is 0 Å². The van der Waals surface area contributed by atoms with Crippen molar-refractivity contribution in [3.8, 4) is 0 Å². The van der Waals surface area contributed by atoms with Crippen molar-refractivity contribution in [2.24, 2.45) is 11.7 Å². The van der Waals surface area contributed by atoms with Crippen LogP contribution in [0.15, 0.2) is 24.3 Å². The second kappa shape index (κ2) is 5.68. The summed E-state index contributed by atoms with van der Waals surface area (Å²) in [5.74, 6) is 0.171. The molecule has 1 aromatic carbocycles. The molecule has 1 amide bonds. The standard InChI is InChI=1S/C17H25N3O/c1-19-17(16(18)21,14-9-10-14)12-20-11-5-4-7-13-6-2-3-8-15(13)20/h2-3,6,8,14,19H,4-5,7,9-12H2,1H3,(H2,18,21). The molecule has 114 valence electrons. The van der Waals surface area contributed by atoms with Crippen LogP contribution in [0.2, 0.25) is 0 Å². The van der Waals surface area contributed by atoms with Crippen molar-refractivity contribution in [2.75, 3.05) is 25.0 Å². The third-order valence-electron chi connectivity index (χ3n) is 5.06. The number of hydrogen-bond donors (Lipinski definition) is 2. The van der Waals surface area contributed by atoms with E-state index in [1.54, 1.807) is 0 Å². The van der Waals surface area contributed by atoms with Gasteiger partial charge in [-0.15, -0.1) is 0 Å². The number of rotatable bonds is 5. The predicted molar refractivity (Wildman–Crippen MR) is 85.3 cm³/mol. The normalized spacial score (nSPS) is 21.3. The number of benzene rings is 1. The molecule has 0 aromatic heterocycles. The summed E-state index contributed by atoms with van der Waals surface area (Å²) in [4.78, 5) is 14.5. The van der Waals surface area contributed by atoms with Gasteiger partial charge in [-0.3, -0.25) is 4.79 Å². The molecule has 1 saturated carbocycles. The van der Waals surface area contributed by atoms with Crippen LogP contribution in [0.3, 0.4) is 0 Å². The minimum absolute atomic E-state index is 0.214. The fraction of sp³-hybridized carbons (Fsp3) is 0.588. The topological polar surface area (TPSA) is 58.4 Å². The number of hydrogen-bond acceptors (Lipinski definition) is 3. The molecule has 4 nitrogen and oxygen atoms in total. The van der Waals surface area contributed by atoms with Crippen molar-refractivity contribution in [1.29, 1.82) is 0 Å². The molecular formula is C17H25N3O. The van der Waals surface area contributed by atoms with Crippen molar-refractivity contribution in [3.05, 3.63) is 29.8 Å². The van der Waals surface area contributed by atoms with Gasteiger partial charge in [0, 0.05) is 18.8 Å². The first-order valence-electron chi connectivity index (χ1n) is 7.99. The highest BCUT2D eigenvalue weighted by atomic mass is 16.1. The van der Waals surface area contributed by atoms with Crippen LogP contribution in [0, 0.1) is 5.92 Å². The van der Waals surface area contributed by atoms with Crippen LogP contribution in [-0.4, -0.2) is 31.6 Å². The second-order valence-electron chi connectivity index (χ2n) is 6.37. The van der Waals surface area contributed by atoms with E-state index in [4.69, 9.17) is 5.73 Å². The maximum atomic E-state index is 12.1. The largest absolute Gasteiger partial charge is 0.369 e. The molecule has 4 heteroatoms. The lowest BCUT2D eigenvalue weighted by atomic mass is 9.91. The van der Waals surface area contributed by atoms with Gasteiger partial charge in [-0.05, 0) is 56.7 Å². The summed E-state index contributed by atoms with van der Waals surface area (Å²) in [7, 11) is 1.87. The van der Waals surface area contributed by atoms with Crippen molar-refractivity contribution in [2.45, 2.75) is 37.6 Å². The van der Waals surface area contributed by atoms with E-state index in [9.17, 15) is 4.79 Å². The van der Waals surface area contributed by atoms with E-state index in [0.29, 0.717) is 12.5 Å². The Labute approximate surface area is 126 Å². The quantitative estimate of drug-likeness (QED) is 0.866. The molecule has 1 unspecified atom stereocenters. The first-order valence-corrected chi connectivity index (χ1v) is 7.99.